The van der Waals surface area contributed by atoms with Crippen molar-refractivity contribution in [3.05, 3.63) is 58.5 Å². The highest BCUT2D eigenvalue weighted by molar-refractivity contribution is 7.16. The number of carbonyl (C=O) groups excluding carboxylic acids is 1. The highest BCUT2D eigenvalue weighted by Crippen LogP contribution is 2.44. The van der Waals surface area contributed by atoms with Crippen LogP contribution in [0.2, 0.25) is 0 Å². The fourth-order valence-corrected chi connectivity index (χ4v) is 7.57. The number of aliphatic hydroxyl groups excluding tert-OH is 1. The number of likely N-dealkylation sites (tertiary alicyclic amines) is 2. The average Bonchev–Trinajstić information content (AvgIpc) is 3.59. The molecule has 12 heteroatoms. The number of aliphatic hydroxyl groups is 1. The van der Waals surface area contributed by atoms with Crippen molar-refractivity contribution in [2.75, 3.05) is 56.1 Å². The monoisotopic (exact) mass is 614 g/mol. The van der Waals surface area contributed by atoms with Crippen LogP contribution < -0.4 is 9.80 Å². The molecule has 1 spiro atoms. The minimum atomic E-state index is -0.401. The van der Waals surface area contributed by atoms with Crippen LogP contribution in [0.25, 0.3) is 16.8 Å². The topological polar surface area (TPSA) is 104 Å². The van der Waals surface area contributed by atoms with Crippen molar-refractivity contribution in [2.24, 2.45) is 5.41 Å². The Hall–Kier alpha value is -4.21. The number of thiazole rings is 1. The first-order chi connectivity index (χ1) is 21.2. The van der Waals surface area contributed by atoms with Gasteiger partial charge in [0.25, 0.3) is 0 Å². The zero-order valence-corrected chi connectivity index (χ0v) is 25.9. The maximum absolute atomic E-state index is 15.6. The molecular formula is C32H35FN8O2S. The first-order valence-corrected chi connectivity index (χ1v) is 15.9. The van der Waals surface area contributed by atoms with Crippen molar-refractivity contribution in [3.63, 3.8) is 0 Å². The quantitative estimate of drug-likeness (QED) is 0.344. The Morgan fingerprint density at radius 1 is 1.20 bits per heavy atom. The van der Waals surface area contributed by atoms with Gasteiger partial charge in [-0.3, -0.25) is 0 Å². The third-order valence-corrected chi connectivity index (χ3v) is 10.4. The van der Waals surface area contributed by atoms with Gasteiger partial charge < -0.3 is 24.7 Å². The number of urea groups is 1. The van der Waals surface area contributed by atoms with Crippen LogP contribution in [0.1, 0.15) is 35.9 Å². The van der Waals surface area contributed by atoms with E-state index < -0.39 is 6.10 Å². The third kappa shape index (κ3) is 4.75. The van der Waals surface area contributed by atoms with Crippen molar-refractivity contribution in [2.45, 2.75) is 39.2 Å². The van der Waals surface area contributed by atoms with Crippen LogP contribution in [-0.2, 0) is 6.42 Å². The molecule has 6 heterocycles. The van der Waals surface area contributed by atoms with Crippen LogP contribution in [0.15, 0.2) is 36.5 Å². The number of β-amino-alcohol motifs (C(OH)–C–C–N with tert-alkyl or cyclic N) is 1. The summed E-state index contributed by atoms with van der Waals surface area (Å²) in [4.78, 5) is 25.7. The first-order valence-electron chi connectivity index (χ1n) is 15.1. The summed E-state index contributed by atoms with van der Waals surface area (Å²) in [6.07, 6.45) is 3.47. The Morgan fingerprint density at radius 3 is 2.55 bits per heavy atom. The predicted octanol–water partition coefficient (Wildman–Crippen LogP) is 4.81. The van der Waals surface area contributed by atoms with E-state index in [0.717, 1.165) is 40.9 Å². The summed E-state index contributed by atoms with van der Waals surface area (Å²) in [5.41, 5.74) is 5.75. The van der Waals surface area contributed by atoms with Crippen LogP contribution >= 0.6 is 11.3 Å². The molecule has 3 aliphatic rings. The number of rotatable bonds is 5. The number of anilines is 3. The SMILES string of the molecule is CCc1nn2cc(F)c(N3CCC4(CC3)CN(C(=O)N3CC(O)C3)C4)cc2c1N(C)c1nc(-c2ccc(C)cc2)c(C#N)s1. The molecule has 3 aliphatic heterocycles. The molecule has 0 aliphatic carbocycles. The number of amides is 2. The van der Waals surface area contributed by atoms with Crippen molar-refractivity contribution in [1.29, 1.82) is 5.26 Å². The number of aromatic nitrogens is 3. The lowest BCUT2D eigenvalue weighted by Crippen LogP contribution is -2.67. The number of fused-ring (bicyclic) bond motifs is 1. The summed E-state index contributed by atoms with van der Waals surface area (Å²) in [6, 6.07) is 12.2. The van der Waals surface area contributed by atoms with Crippen LogP contribution in [0, 0.1) is 29.5 Å². The van der Waals surface area contributed by atoms with Gasteiger partial charge in [0, 0.05) is 44.2 Å². The lowest BCUT2D eigenvalue weighted by atomic mass is 9.72. The van der Waals surface area contributed by atoms with E-state index >= 15 is 4.39 Å². The number of piperidine rings is 1. The highest BCUT2D eigenvalue weighted by Gasteiger charge is 2.49. The molecule has 0 atom stereocenters. The summed E-state index contributed by atoms with van der Waals surface area (Å²) >= 11 is 1.33. The zero-order chi connectivity index (χ0) is 30.7. The molecule has 1 aromatic carbocycles. The highest BCUT2D eigenvalue weighted by atomic mass is 32.1. The number of hydrogen-bond acceptors (Lipinski definition) is 8. The van der Waals surface area contributed by atoms with Gasteiger partial charge in [0.05, 0.1) is 48.0 Å². The minimum absolute atomic E-state index is 0.0112. The second-order valence-corrected chi connectivity index (χ2v) is 13.4. The predicted molar refractivity (Wildman–Crippen MR) is 168 cm³/mol. The van der Waals surface area contributed by atoms with Gasteiger partial charge in [-0.15, -0.1) is 0 Å². The van der Waals surface area contributed by atoms with Gasteiger partial charge in [-0.25, -0.2) is 18.7 Å². The minimum Gasteiger partial charge on any atom is -0.389 e. The molecule has 0 saturated carbocycles. The Balaban J connectivity index is 1.13. The van der Waals surface area contributed by atoms with Gasteiger partial charge in [0.15, 0.2) is 10.9 Å². The Kier molecular flexibility index (Phi) is 6.98. The summed E-state index contributed by atoms with van der Waals surface area (Å²) in [5.74, 6) is -0.322. The van der Waals surface area contributed by atoms with E-state index in [9.17, 15) is 15.2 Å². The molecule has 4 aromatic rings. The van der Waals surface area contributed by atoms with Crippen LogP contribution in [0.3, 0.4) is 0 Å². The molecule has 10 nitrogen and oxygen atoms in total. The number of aryl methyl sites for hydroxylation is 2. The van der Waals surface area contributed by atoms with E-state index in [2.05, 4.69) is 11.0 Å². The molecule has 0 radical (unpaired) electrons. The fourth-order valence-electron chi connectivity index (χ4n) is 6.72. The second kappa shape index (κ2) is 10.7. The molecule has 3 saturated heterocycles. The number of benzene rings is 1. The van der Waals surface area contributed by atoms with E-state index in [1.807, 2.05) is 61.0 Å². The van der Waals surface area contributed by atoms with E-state index in [1.165, 1.54) is 17.5 Å². The number of hydrogen-bond donors (Lipinski definition) is 1. The maximum atomic E-state index is 15.6. The van der Waals surface area contributed by atoms with Crippen LogP contribution in [0.4, 0.5) is 25.7 Å². The second-order valence-electron chi connectivity index (χ2n) is 12.4. The summed E-state index contributed by atoms with van der Waals surface area (Å²) < 4.78 is 17.2. The van der Waals surface area contributed by atoms with Gasteiger partial charge in [-0.2, -0.15) is 10.4 Å². The average molecular weight is 615 g/mol. The number of nitriles is 1. The molecule has 0 unspecified atom stereocenters. The molecule has 3 fully saturated rings. The van der Waals surface area contributed by atoms with Gasteiger partial charge in [-0.1, -0.05) is 48.1 Å². The maximum Gasteiger partial charge on any atom is 0.320 e. The van der Waals surface area contributed by atoms with Crippen molar-refractivity contribution >= 4 is 39.4 Å². The standard InChI is InChI=1S/C32H35FN8O2S/c1-4-24-29(37(3)30-35-28(27(14-34)44-30)21-7-5-20(2)6-8-21)26-13-25(23(33)17-41(26)36-24)38-11-9-32(10-12-38)18-40(19-32)31(43)39-15-22(42)16-39/h5-8,13,17,22,42H,4,9-12,15-16,18-19H2,1-3H3. The van der Waals surface area contributed by atoms with Crippen LogP contribution in [-0.4, -0.2) is 88.0 Å². The Morgan fingerprint density at radius 2 is 1.91 bits per heavy atom. The first kappa shape index (κ1) is 28.6. The van der Waals surface area contributed by atoms with E-state index in [-0.39, 0.29) is 17.3 Å². The molecule has 44 heavy (non-hydrogen) atoms. The van der Waals surface area contributed by atoms with Gasteiger partial charge in [-0.05, 0) is 32.3 Å². The number of halogens is 1. The van der Waals surface area contributed by atoms with Crippen molar-refractivity contribution < 1.29 is 14.3 Å². The van der Waals surface area contributed by atoms with Gasteiger partial charge in [0.1, 0.15) is 16.6 Å². The molecule has 7 rings (SSSR count). The van der Waals surface area contributed by atoms with E-state index in [0.29, 0.717) is 67.1 Å². The lowest BCUT2D eigenvalue weighted by molar-refractivity contribution is -0.0311. The number of nitrogens with zero attached hydrogens (tertiary/aromatic N) is 8. The third-order valence-electron chi connectivity index (χ3n) is 9.37. The zero-order valence-electron chi connectivity index (χ0n) is 25.1. The Labute approximate surface area is 259 Å². The normalized spacial score (nSPS) is 18.0. The molecule has 228 valence electrons. The smallest absolute Gasteiger partial charge is 0.320 e. The number of pyridine rings is 1. The van der Waals surface area contributed by atoms with E-state index in [1.54, 1.807) is 9.42 Å². The summed E-state index contributed by atoms with van der Waals surface area (Å²) in [7, 11) is 1.92. The van der Waals surface area contributed by atoms with Crippen molar-refractivity contribution in [1.82, 2.24) is 24.4 Å². The van der Waals surface area contributed by atoms with Gasteiger partial charge in [0.2, 0.25) is 0 Å². The van der Waals surface area contributed by atoms with Gasteiger partial charge >= 0.3 is 6.03 Å². The summed E-state index contributed by atoms with van der Waals surface area (Å²) in [6.45, 7) is 7.72. The lowest BCUT2D eigenvalue weighted by Gasteiger charge is -2.55. The van der Waals surface area contributed by atoms with E-state index in [4.69, 9.17) is 10.1 Å². The molecule has 0 bridgehead atoms. The fraction of sp³-hybridized carbons (Fsp3) is 0.438. The summed E-state index contributed by atoms with van der Waals surface area (Å²) in [5, 5.41) is 24.8. The molecular weight excluding hydrogens is 579 g/mol. The van der Waals surface area contributed by atoms with Crippen molar-refractivity contribution in [3.8, 4) is 17.3 Å². The number of carbonyl (C=O) groups is 1. The molecule has 1 N–H and O–H groups in total. The van der Waals surface area contributed by atoms with Crippen LogP contribution in [0.5, 0.6) is 0 Å². The largest absolute Gasteiger partial charge is 0.389 e. The Bertz CT molecular complexity index is 1770. The molecule has 3 aromatic heterocycles. The molecule has 2 amide bonds.